The fourth-order valence-corrected chi connectivity index (χ4v) is 1.58. The second kappa shape index (κ2) is 4.33. The van der Waals surface area contributed by atoms with E-state index in [1.54, 1.807) is 24.3 Å². The Hall–Kier alpha value is -1.87. The Morgan fingerprint density at radius 2 is 1.88 bits per heavy atom. The van der Waals surface area contributed by atoms with Crippen LogP contribution in [0.25, 0.3) is 11.1 Å². The molecule has 0 aromatic heterocycles. The number of hydrogen-bond acceptors (Lipinski definition) is 2. The summed E-state index contributed by atoms with van der Waals surface area (Å²) in [5.41, 5.74) is 1.83. The lowest BCUT2D eigenvalue weighted by molar-refractivity contribution is 0.282. The molecule has 2 N–H and O–H groups in total. The van der Waals surface area contributed by atoms with Crippen LogP contribution in [0, 0.1) is 5.82 Å². The van der Waals surface area contributed by atoms with Gasteiger partial charge >= 0.3 is 0 Å². The number of phenolic OH excluding ortho intramolecular Hbond substituents is 1. The first kappa shape index (κ1) is 10.6. The van der Waals surface area contributed by atoms with Gasteiger partial charge in [0, 0.05) is 5.56 Å². The molecular weight excluding hydrogens is 207 g/mol. The highest BCUT2D eigenvalue weighted by Crippen LogP contribution is 2.30. The molecule has 2 aromatic carbocycles. The molecule has 0 amide bonds. The molecule has 2 aromatic rings. The number of phenols is 1. The molecule has 0 unspecified atom stereocenters. The first-order valence-electron chi connectivity index (χ1n) is 4.89. The molecule has 3 heteroatoms. The monoisotopic (exact) mass is 218 g/mol. The highest BCUT2D eigenvalue weighted by Gasteiger charge is 2.06. The number of aliphatic hydroxyl groups excluding tert-OH is 1. The SMILES string of the molecule is OCc1cccc(-c2cc(F)ccc2O)c1. The Balaban J connectivity index is 2.53. The molecule has 0 bridgehead atoms. The number of benzene rings is 2. The van der Waals surface area contributed by atoms with Crippen LogP contribution in [0.15, 0.2) is 42.5 Å². The fourth-order valence-electron chi connectivity index (χ4n) is 1.58. The molecule has 0 aliphatic carbocycles. The Kier molecular flexibility index (Phi) is 2.88. The van der Waals surface area contributed by atoms with Gasteiger partial charge < -0.3 is 10.2 Å². The zero-order valence-corrected chi connectivity index (χ0v) is 8.52. The second-order valence-electron chi connectivity index (χ2n) is 3.52. The lowest BCUT2D eigenvalue weighted by Crippen LogP contribution is -1.86. The van der Waals surface area contributed by atoms with Crippen LogP contribution in [0.1, 0.15) is 5.56 Å². The Bertz CT molecular complexity index is 509. The van der Waals surface area contributed by atoms with Gasteiger partial charge in [0.15, 0.2) is 0 Å². The zero-order valence-electron chi connectivity index (χ0n) is 8.52. The highest BCUT2D eigenvalue weighted by atomic mass is 19.1. The van der Waals surface area contributed by atoms with Gasteiger partial charge in [-0.25, -0.2) is 4.39 Å². The lowest BCUT2D eigenvalue weighted by Gasteiger charge is -2.06. The van der Waals surface area contributed by atoms with Crippen LogP contribution in [0.2, 0.25) is 0 Å². The molecule has 82 valence electrons. The number of halogens is 1. The lowest BCUT2D eigenvalue weighted by atomic mass is 10.0. The molecular formula is C13H11FO2. The van der Waals surface area contributed by atoms with Crippen molar-refractivity contribution in [1.29, 1.82) is 0 Å². The van der Waals surface area contributed by atoms with Crippen LogP contribution in [-0.2, 0) is 6.61 Å². The average Bonchev–Trinajstić information content (AvgIpc) is 2.32. The molecule has 0 saturated heterocycles. The van der Waals surface area contributed by atoms with Gasteiger partial charge in [-0.2, -0.15) is 0 Å². The van der Waals surface area contributed by atoms with Crippen LogP contribution in [0.4, 0.5) is 4.39 Å². The van der Waals surface area contributed by atoms with Crippen molar-refractivity contribution in [3.05, 3.63) is 53.8 Å². The molecule has 0 saturated carbocycles. The maximum atomic E-state index is 13.1. The van der Waals surface area contributed by atoms with E-state index in [0.29, 0.717) is 11.1 Å². The third kappa shape index (κ3) is 2.04. The minimum absolute atomic E-state index is 0.0245. The van der Waals surface area contributed by atoms with Crippen LogP contribution >= 0.6 is 0 Å². The Morgan fingerprint density at radius 1 is 1.06 bits per heavy atom. The van der Waals surface area contributed by atoms with Gasteiger partial charge in [-0.3, -0.25) is 0 Å². The normalized spacial score (nSPS) is 10.4. The minimum Gasteiger partial charge on any atom is -0.507 e. The van der Waals surface area contributed by atoms with E-state index in [4.69, 9.17) is 5.11 Å². The maximum Gasteiger partial charge on any atom is 0.124 e. The minimum atomic E-state index is -0.401. The largest absolute Gasteiger partial charge is 0.507 e. The van der Waals surface area contributed by atoms with Crippen molar-refractivity contribution in [1.82, 2.24) is 0 Å². The van der Waals surface area contributed by atoms with Gasteiger partial charge in [0.2, 0.25) is 0 Å². The van der Waals surface area contributed by atoms with E-state index >= 15 is 0 Å². The summed E-state index contributed by atoms with van der Waals surface area (Å²) >= 11 is 0. The van der Waals surface area contributed by atoms with Crippen LogP contribution in [-0.4, -0.2) is 10.2 Å². The zero-order chi connectivity index (χ0) is 11.5. The maximum absolute atomic E-state index is 13.1. The van der Waals surface area contributed by atoms with Crippen molar-refractivity contribution in [2.45, 2.75) is 6.61 Å². The van der Waals surface area contributed by atoms with Crippen molar-refractivity contribution in [3.63, 3.8) is 0 Å². The molecule has 0 atom stereocenters. The van der Waals surface area contributed by atoms with E-state index in [2.05, 4.69) is 0 Å². The van der Waals surface area contributed by atoms with Gasteiger partial charge in [0.05, 0.1) is 6.61 Å². The quantitative estimate of drug-likeness (QED) is 0.813. The predicted molar refractivity (Wildman–Crippen MR) is 59.4 cm³/mol. The van der Waals surface area contributed by atoms with E-state index in [1.165, 1.54) is 18.2 Å². The van der Waals surface area contributed by atoms with Crippen molar-refractivity contribution in [2.75, 3.05) is 0 Å². The van der Waals surface area contributed by atoms with Gasteiger partial charge in [0.25, 0.3) is 0 Å². The molecule has 16 heavy (non-hydrogen) atoms. The summed E-state index contributed by atoms with van der Waals surface area (Å²) in [6.45, 7) is -0.0794. The van der Waals surface area contributed by atoms with E-state index in [0.717, 1.165) is 5.56 Å². The highest BCUT2D eigenvalue weighted by molar-refractivity contribution is 5.70. The van der Waals surface area contributed by atoms with Crippen LogP contribution < -0.4 is 0 Å². The Labute approximate surface area is 92.6 Å². The van der Waals surface area contributed by atoms with Crippen molar-refractivity contribution in [2.24, 2.45) is 0 Å². The first-order chi connectivity index (χ1) is 7.70. The van der Waals surface area contributed by atoms with Gasteiger partial charge in [0.1, 0.15) is 11.6 Å². The predicted octanol–water partition coefficient (Wildman–Crippen LogP) is 2.69. The van der Waals surface area contributed by atoms with Gasteiger partial charge in [-0.1, -0.05) is 18.2 Å². The summed E-state index contributed by atoms with van der Waals surface area (Å²) in [6, 6.07) is 10.8. The van der Waals surface area contributed by atoms with E-state index in [1.807, 2.05) is 0 Å². The smallest absolute Gasteiger partial charge is 0.124 e. The molecule has 2 nitrogen and oxygen atoms in total. The number of rotatable bonds is 2. The molecule has 0 spiro atoms. The average molecular weight is 218 g/mol. The Morgan fingerprint density at radius 3 is 2.62 bits per heavy atom. The number of aromatic hydroxyl groups is 1. The summed E-state index contributed by atoms with van der Waals surface area (Å²) < 4.78 is 13.1. The topological polar surface area (TPSA) is 40.5 Å². The van der Waals surface area contributed by atoms with E-state index in [-0.39, 0.29) is 12.4 Å². The third-order valence-electron chi connectivity index (χ3n) is 2.38. The molecule has 0 aliphatic rings. The fraction of sp³-hybridized carbons (Fsp3) is 0.0769. The summed E-state index contributed by atoms with van der Waals surface area (Å²) in [5, 5.41) is 18.6. The van der Waals surface area contributed by atoms with Crippen molar-refractivity contribution < 1.29 is 14.6 Å². The molecule has 0 aliphatic heterocycles. The number of hydrogen-bond donors (Lipinski definition) is 2. The van der Waals surface area contributed by atoms with Crippen LogP contribution in [0.5, 0.6) is 5.75 Å². The molecule has 0 heterocycles. The standard InChI is InChI=1S/C13H11FO2/c14-11-4-5-13(16)12(7-11)10-3-1-2-9(6-10)8-15/h1-7,15-16H,8H2. The van der Waals surface area contributed by atoms with E-state index < -0.39 is 5.82 Å². The number of aliphatic hydroxyl groups is 1. The summed E-state index contributed by atoms with van der Waals surface area (Å²) in [6.07, 6.45) is 0. The molecule has 2 rings (SSSR count). The summed E-state index contributed by atoms with van der Waals surface area (Å²) in [7, 11) is 0. The van der Waals surface area contributed by atoms with Crippen LogP contribution in [0.3, 0.4) is 0 Å². The van der Waals surface area contributed by atoms with Crippen molar-refractivity contribution >= 4 is 0 Å². The van der Waals surface area contributed by atoms with Crippen molar-refractivity contribution in [3.8, 4) is 16.9 Å². The van der Waals surface area contributed by atoms with E-state index in [9.17, 15) is 9.50 Å². The third-order valence-corrected chi connectivity index (χ3v) is 2.38. The molecule has 0 radical (unpaired) electrons. The second-order valence-corrected chi connectivity index (χ2v) is 3.52. The summed E-state index contributed by atoms with van der Waals surface area (Å²) in [5.74, 6) is -0.376. The molecule has 0 fully saturated rings. The van der Waals surface area contributed by atoms with Gasteiger partial charge in [-0.15, -0.1) is 0 Å². The van der Waals surface area contributed by atoms with Gasteiger partial charge in [-0.05, 0) is 35.4 Å². The summed E-state index contributed by atoms with van der Waals surface area (Å²) in [4.78, 5) is 0. The first-order valence-corrected chi connectivity index (χ1v) is 4.89.